The molecule has 1 aromatic carbocycles. The highest BCUT2D eigenvalue weighted by molar-refractivity contribution is 8.01. The number of aromatic hydroxyl groups is 1. The lowest BCUT2D eigenvalue weighted by atomic mass is 9.92. The Labute approximate surface area is 186 Å². The number of thioether (sulfide) groups is 1. The highest BCUT2D eigenvalue weighted by atomic mass is 32.2. The molecule has 1 amide bonds. The van der Waals surface area contributed by atoms with Crippen LogP contribution in [0.2, 0.25) is 0 Å². The minimum absolute atomic E-state index is 0.0109. The average molecular weight is 470 g/mol. The van der Waals surface area contributed by atoms with E-state index < -0.39 is 12.1 Å². The number of pyridine rings is 1. The molecule has 11 heteroatoms. The Morgan fingerprint density at radius 2 is 1.88 bits per heavy atom. The quantitative estimate of drug-likeness (QED) is 0.707. The van der Waals surface area contributed by atoms with E-state index in [0.29, 0.717) is 12.2 Å². The molecule has 0 bridgehead atoms. The number of rotatable bonds is 4. The van der Waals surface area contributed by atoms with Gasteiger partial charge in [-0.1, -0.05) is 6.07 Å². The predicted molar refractivity (Wildman–Crippen MR) is 110 cm³/mol. The van der Waals surface area contributed by atoms with Crippen LogP contribution in [0.5, 0.6) is 5.75 Å². The number of likely N-dealkylation sites (tertiary alicyclic amines) is 1. The van der Waals surface area contributed by atoms with E-state index in [2.05, 4.69) is 4.98 Å². The zero-order valence-corrected chi connectivity index (χ0v) is 17.6. The molecule has 2 saturated heterocycles. The second kappa shape index (κ2) is 9.78. The summed E-state index contributed by atoms with van der Waals surface area (Å²) in [5, 5.41) is 16.7. The number of alkyl halides is 3. The number of phenols is 1. The molecule has 1 unspecified atom stereocenters. The van der Waals surface area contributed by atoms with Crippen LogP contribution >= 0.6 is 11.8 Å². The Kier molecular flexibility index (Phi) is 7.29. The number of benzene rings is 1. The van der Waals surface area contributed by atoms with Gasteiger partial charge in [-0.2, -0.15) is 13.2 Å². The lowest BCUT2D eigenvalue weighted by Gasteiger charge is -2.47. The van der Waals surface area contributed by atoms with Crippen LogP contribution < -0.4 is 0 Å². The van der Waals surface area contributed by atoms with Gasteiger partial charge in [0.2, 0.25) is 0 Å². The van der Waals surface area contributed by atoms with E-state index in [1.807, 2.05) is 28.8 Å². The minimum Gasteiger partial charge on any atom is -0.508 e. The normalized spacial score (nSPS) is 19.1. The smallest absolute Gasteiger partial charge is 0.490 e. The van der Waals surface area contributed by atoms with Crippen LogP contribution in [0.25, 0.3) is 0 Å². The second-order valence-electron chi connectivity index (χ2n) is 7.50. The molecule has 3 heterocycles. The first-order chi connectivity index (χ1) is 15.1. The number of aromatic nitrogens is 1. The van der Waals surface area contributed by atoms with Crippen molar-refractivity contribution in [3.63, 3.8) is 0 Å². The summed E-state index contributed by atoms with van der Waals surface area (Å²) in [7, 11) is 0. The number of amides is 1. The zero-order valence-electron chi connectivity index (χ0n) is 16.8. The van der Waals surface area contributed by atoms with E-state index >= 15 is 0 Å². The van der Waals surface area contributed by atoms with Gasteiger partial charge in [-0.05, 0) is 42.3 Å². The highest BCUT2D eigenvalue weighted by Gasteiger charge is 2.51. The number of aliphatic carboxylic acids is 1. The molecule has 2 aliphatic heterocycles. The van der Waals surface area contributed by atoms with Crippen molar-refractivity contribution in [2.45, 2.75) is 30.1 Å². The third-order valence-electron chi connectivity index (χ3n) is 4.99. The van der Waals surface area contributed by atoms with E-state index in [-0.39, 0.29) is 22.5 Å². The van der Waals surface area contributed by atoms with Crippen LogP contribution in [0.3, 0.4) is 0 Å². The third-order valence-corrected chi connectivity index (χ3v) is 6.57. The first-order valence-corrected chi connectivity index (χ1v) is 10.6. The first kappa shape index (κ1) is 23.9. The Morgan fingerprint density at radius 3 is 2.47 bits per heavy atom. The summed E-state index contributed by atoms with van der Waals surface area (Å²) < 4.78 is 37.9. The van der Waals surface area contributed by atoms with Gasteiger partial charge >= 0.3 is 12.1 Å². The standard InChI is InChI=1S/C19H20N2O3S.C2HF3O2/c22-16-3-1-2-15(8-16)18(23)21-12-19(13-21)9-17(11-25-19)24-10-14-4-6-20-7-5-14;3-2(4,5)1(6)7/h1-8,17,22H,9-13H2;(H,6,7). The highest BCUT2D eigenvalue weighted by Crippen LogP contribution is 2.46. The lowest BCUT2D eigenvalue weighted by Crippen LogP contribution is -2.60. The first-order valence-electron chi connectivity index (χ1n) is 9.61. The summed E-state index contributed by atoms with van der Waals surface area (Å²) in [6.45, 7) is 2.11. The molecular formula is C21H21F3N2O5S. The number of phenolic OH excluding ortho intramolecular Hbond substituents is 1. The minimum atomic E-state index is -5.08. The number of nitrogens with zero attached hydrogens (tertiary/aromatic N) is 2. The zero-order chi connectivity index (χ0) is 23.4. The molecule has 172 valence electrons. The van der Waals surface area contributed by atoms with Gasteiger partial charge in [-0.3, -0.25) is 9.78 Å². The maximum absolute atomic E-state index is 12.5. The largest absolute Gasteiger partial charge is 0.508 e. The summed E-state index contributed by atoms with van der Waals surface area (Å²) in [6.07, 6.45) is -0.316. The number of carbonyl (C=O) groups excluding carboxylic acids is 1. The molecule has 1 atom stereocenters. The molecule has 7 nitrogen and oxygen atoms in total. The number of carboxylic acid groups (broad SMARTS) is 1. The molecular weight excluding hydrogens is 449 g/mol. The van der Waals surface area contributed by atoms with Gasteiger partial charge in [0.05, 0.1) is 17.5 Å². The number of carboxylic acids is 1. The molecule has 32 heavy (non-hydrogen) atoms. The molecule has 0 radical (unpaired) electrons. The molecule has 2 N–H and O–H groups in total. The van der Waals surface area contributed by atoms with Crippen molar-refractivity contribution in [3.05, 3.63) is 59.9 Å². The Hall–Kier alpha value is -2.79. The molecule has 2 aliphatic rings. The van der Waals surface area contributed by atoms with E-state index in [4.69, 9.17) is 14.6 Å². The Bertz CT molecular complexity index is 952. The van der Waals surface area contributed by atoms with Crippen LogP contribution in [0.1, 0.15) is 22.3 Å². The molecule has 0 aliphatic carbocycles. The number of carbonyl (C=O) groups is 2. The van der Waals surface area contributed by atoms with Gasteiger partial charge in [0.15, 0.2) is 0 Å². The van der Waals surface area contributed by atoms with Gasteiger partial charge in [-0.15, -0.1) is 11.8 Å². The lowest BCUT2D eigenvalue weighted by molar-refractivity contribution is -0.192. The van der Waals surface area contributed by atoms with E-state index in [1.165, 1.54) is 6.07 Å². The van der Waals surface area contributed by atoms with Gasteiger partial charge in [0.1, 0.15) is 5.75 Å². The van der Waals surface area contributed by atoms with E-state index in [0.717, 1.165) is 30.8 Å². The van der Waals surface area contributed by atoms with Gasteiger partial charge in [0.25, 0.3) is 5.91 Å². The van der Waals surface area contributed by atoms with Crippen molar-refractivity contribution in [1.82, 2.24) is 9.88 Å². The van der Waals surface area contributed by atoms with E-state index in [1.54, 1.807) is 30.6 Å². The second-order valence-corrected chi connectivity index (χ2v) is 8.99. The van der Waals surface area contributed by atoms with Gasteiger partial charge in [0, 0.05) is 36.8 Å². The molecule has 4 rings (SSSR count). The van der Waals surface area contributed by atoms with Crippen molar-refractivity contribution in [2.75, 3.05) is 18.8 Å². The number of hydrogen-bond donors (Lipinski definition) is 2. The molecule has 2 fully saturated rings. The van der Waals surface area contributed by atoms with Crippen LogP contribution in [0, 0.1) is 0 Å². The molecule has 2 aromatic rings. The van der Waals surface area contributed by atoms with Gasteiger partial charge < -0.3 is 19.8 Å². The SMILES string of the molecule is O=C(O)C(F)(F)F.O=C(c1cccc(O)c1)N1CC2(CC(OCc3ccncc3)CS2)C1. The van der Waals surface area contributed by atoms with Crippen LogP contribution in [-0.4, -0.2) is 67.8 Å². The summed E-state index contributed by atoms with van der Waals surface area (Å²) in [5.74, 6) is -1.67. The van der Waals surface area contributed by atoms with E-state index in [9.17, 15) is 23.1 Å². The van der Waals surface area contributed by atoms with Crippen LogP contribution in [0.15, 0.2) is 48.8 Å². The Balaban J connectivity index is 0.000000360. The van der Waals surface area contributed by atoms with Gasteiger partial charge in [-0.25, -0.2) is 4.79 Å². The predicted octanol–water partition coefficient (Wildman–Crippen LogP) is 3.34. The fourth-order valence-electron chi connectivity index (χ4n) is 3.44. The Morgan fingerprint density at radius 1 is 1.22 bits per heavy atom. The monoisotopic (exact) mass is 470 g/mol. The molecule has 1 aromatic heterocycles. The van der Waals surface area contributed by atoms with Crippen LogP contribution in [0.4, 0.5) is 13.2 Å². The average Bonchev–Trinajstić information content (AvgIpc) is 3.16. The van der Waals surface area contributed by atoms with Crippen molar-refractivity contribution in [2.24, 2.45) is 0 Å². The number of hydrogen-bond acceptors (Lipinski definition) is 6. The topological polar surface area (TPSA) is 100.0 Å². The van der Waals surface area contributed by atoms with Crippen molar-refractivity contribution in [3.8, 4) is 5.75 Å². The fraction of sp³-hybridized carbons (Fsp3) is 0.381. The summed E-state index contributed by atoms with van der Waals surface area (Å²) >= 11 is 1.91. The third kappa shape index (κ3) is 6.13. The maximum Gasteiger partial charge on any atom is 0.490 e. The summed E-state index contributed by atoms with van der Waals surface area (Å²) in [4.78, 5) is 27.2. The summed E-state index contributed by atoms with van der Waals surface area (Å²) in [5.41, 5.74) is 1.68. The maximum atomic E-state index is 12.5. The van der Waals surface area contributed by atoms with Crippen molar-refractivity contribution in [1.29, 1.82) is 0 Å². The number of ether oxygens (including phenoxy) is 1. The molecule has 0 saturated carbocycles. The van der Waals surface area contributed by atoms with Crippen molar-refractivity contribution < 1.29 is 37.7 Å². The summed E-state index contributed by atoms with van der Waals surface area (Å²) in [6, 6.07) is 10.5. The van der Waals surface area contributed by atoms with Crippen molar-refractivity contribution >= 4 is 23.6 Å². The fourth-order valence-corrected chi connectivity index (χ4v) is 4.99. The number of halogens is 3. The van der Waals surface area contributed by atoms with Crippen LogP contribution in [-0.2, 0) is 16.1 Å². The molecule has 1 spiro atoms.